The van der Waals surface area contributed by atoms with Crippen molar-refractivity contribution in [3.63, 3.8) is 0 Å². The molecule has 0 aliphatic carbocycles. The molecule has 3 saturated heterocycles. The van der Waals surface area contributed by atoms with Crippen LogP contribution in [0.4, 0.5) is 10.6 Å². The van der Waals surface area contributed by atoms with Gasteiger partial charge in [0, 0.05) is 144 Å². The lowest BCUT2D eigenvalue weighted by atomic mass is 10.1. The highest BCUT2D eigenvalue weighted by atomic mass is 31.2. The minimum Gasteiger partial charge on any atom is -0.497 e. The summed E-state index contributed by atoms with van der Waals surface area (Å²) >= 11 is 0. The third-order valence-electron chi connectivity index (χ3n) is 19.0. The lowest BCUT2D eigenvalue weighted by molar-refractivity contribution is -0.178. The first-order valence-electron chi connectivity index (χ1n) is 37.9. The van der Waals surface area contributed by atoms with Crippen molar-refractivity contribution in [2.75, 3.05) is 125 Å². The maximum atomic E-state index is 13.7. The van der Waals surface area contributed by atoms with Crippen LogP contribution in [0.25, 0.3) is 11.2 Å². The van der Waals surface area contributed by atoms with Crippen LogP contribution >= 0.6 is 29.7 Å². The topological polar surface area (TPSA) is 428 Å². The zero-order chi connectivity index (χ0) is 83.3. The Morgan fingerprint density at radius 2 is 1.09 bits per heavy atom. The molecule has 3 aliphatic heterocycles. The zero-order valence-electron chi connectivity index (χ0n) is 65.7. The molecule has 3 fully saturated rings. The van der Waals surface area contributed by atoms with Crippen LogP contribution in [0.5, 0.6) is 11.5 Å². The van der Waals surface area contributed by atoms with E-state index in [0.29, 0.717) is 115 Å². The maximum Gasteiger partial charge on any atom is 0.407 e. The number of anilines is 1. The number of imidazole rings is 1. The molecule has 3 aliphatic rings. The highest BCUT2D eigenvalue weighted by Crippen LogP contribution is 2.53. The highest BCUT2D eigenvalue weighted by Gasteiger charge is 2.55. The van der Waals surface area contributed by atoms with E-state index in [9.17, 15) is 52.2 Å². The van der Waals surface area contributed by atoms with Crippen LogP contribution in [0.1, 0.15) is 101 Å². The monoisotopic (exact) mass is 1680 g/mol. The van der Waals surface area contributed by atoms with Gasteiger partial charge in [0.1, 0.15) is 39.6 Å². The van der Waals surface area contributed by atoms with Crippen LogP contribution < -0.4 is 47.5 Å². The van der Waals surface area contributed by atoms with Gasteiger partial charge in [0.05, 0.1) is 64.1 Å². The van der Waals surface area contributed by atoms with Crippen LogP contribution in [0, 0.1) is 42.4 Å². The summed E-state index contributed by atoms with van der Waals surface area (Å²) in [6.07, 6.45) is -1.57. The van der Waals surface area contributed by atoms with E-state index >= 15 is 0 Å². The van der Waals surface area contributed by atoms with Crippen molar-refractivity contribution in [1.29, 1.82) is 0 Å². The first kappa shape index (κ1) is 88.2. The number of nitrogens with zero attached hydrogens (tertiary/aromatic N) is 10. The Kier molecular flexibility index (Phi) is 31.0. The van der Waals surface area contributed by atoms with Gasteiger partial charge in [0.15, 0.2) is 42.5 Å². The van der Waals surface area contributed by atoms with Gasteiger partial charge in [-0.3, -0.25) is 51.6 Å². The number of amides is 3. The van der Waals surface area contributed by atoms with Crippen LogP contribution in [-0.2, 0) is 75.7 Å². The van der Waals surface area contributed by atoms with Gasteiger partial charge in [0.2, 0.25) is 33.9 Å². The quantitative estimate of drug-likeness (QED) is 0.0147. The summed E-state index contributed by atoms with van der Waals surface area (Å²) in [5.41, 5.74) is 12.6. The predicted octanol–water partition coefficient (Wildman–Crippen LogP) is 5.70. The largest absolute Gasteiger partial charge is 0.497 e. The van der Waals surface area contributed by atoms with Crippen molar-refractivity contribution in [3.8, 4) is 47.0 Å². The van der Waals surface area contributed by atoms with E-state index in [-0.39, 0.29) is 130 Å². The van der Waals surface area contributed by atoms with Crippen LogP contribution in [0.3, 0.4) is 0 Å². The van der Waals surface area contributed by atoms with Gasteiger partial charge in [0.25, 0.3) is 0 Å². The van der Waals surface area contributed by atoms with Crippen molar-refractivity contribution in [2.45, 2.75) is 95.9 Å². The Morgan fingerprint density at radius 1 is 0.598 bits per heavy atom. The molecule has 9 N–H and O–H groups in total. The number of alkyl carbamates (subject to hydrolysis) is 1. The van der Waals surface area contributed by atoms with E-state index in [4.69, 9.17) is 58.4 Å². The number of nitrogens with two attached hydrogens (primary N) is 1. The molecule has 5 aromatic heterocycles. The van der Waals surface area contributed by atoms with Gasteiger partial charge in [-0.15, -0.1) is 0 Å². The van der Waals surface area contributed by atoms with Crippen LogP contribution in [0.2, 0.25) is 0 Å². The molecule has 33 nitrogen and oxygen atoms in total. The normalized spacial score (nSPS) is 20.0. The standard InChI is InChI=1S/C80H96N14O19P4/c1-55-13-15-56(16-14-55)17-20-60-43-63(89-71(46-60)115(5,100)101)49-92-35-34-91(48-62-42-59(45-70(88-62)114(4,98)99)21-18-57-23-27-66(106-2)28-24-57)36-37-93(50-64-44-61(47-72(90-64)116(6,102)103)22-19-58-25-29-67(107-3)30-26-58)65(51-92)10-7-8-31-82-68(95)11-9-12-69(96)83-32-38-108-40-41-109-39-33-84-80(97)111-74-75-79(110-54-117(104,105)113-75)112-78(74)94-53-87-73-76(81)85-52-86-77(73)94/h13-16,23-30,42-47,52-53,65,74-75,78-79H,7-12,31-41,48-51,54H2,1-6H3,(H,82,95)(H,83,96)(H,84,97)(H,98,99)(H,100,101)(H,102,103)(H,104,105)(H2,81,85,86)/t65-,74?,75?,78?,79?/m0/s1. The van der Waals surface area contributed by atoms with Crippen LogP contribution in [0.15, 0.2) is 122 Å². The van der Waals surface area contributed by atoms with Gasteiger partial charge >= 0.3 is 13.7 Å². The summed E-state index contributed by atoms with van der Waals surface area (Å²) < 4.78 is 99.0. The number of benzene rings is 3. The molecule has 620 valence electrons. The van der Waals surface area contributed by atoms with Crippen molar-refractivity contribution < 1.29 is 89.9 Å². The molecule has 0 bridgehead atoms. The number of carbonyl (C=O) groups is 3. The molecule has 3 aromatic carbocycles. The number of pyridine rings is 3. The maximum absolute atomic E-state index is 13.7. The number of aryl methyl sites for hydroxylation is 1. The number of fused-ring (bicyclic) bond motifs is 2. The number of rotatable bonds is 31. The molecule has 8 heterocycles. The Morgan fingerprint density at radius 3 is 1.62 bits per heavy atom. The van der Waals surface area contributed by atoms with Crippen molar-refractivity contribution in [3.05, 3.63) is 178 Å². The predicted molar refractivity (Wildman–Crippen MR) is 437 cm³/mol. The number of hydrogen-bond donors (Lipinski definition) is 8. The van der Waals surface area contributed by atoms with Gasteiger partial charge < -0.3 is 74.4 Å². The number of nitrogens with one attached hydrogen (secondary N) is 3. The summed E-state index contributed by atoms with van der Waals surface area (Å²) in [6, 6.07) is 32.0. The number of hydrogen-bond acceptors (Lipinski definition) is 25. The van der Waals surface area contributed by atoms with E-state index in [0.717, 1.165) is 11.1 Å². The summed E-state index contributed by atoms with van der Waals surface area (Å²) in [4.78, 5) is 116. The average molecular weight is 1680 g/mol. The number of ether oxygens (including phenoxy) is 7. The third kappa shape index (κ3) is 26.7. The van der Waals surface area contributed by atoms with Gasteiger partial charge in [-0.05, 0) is 123 Å². The van der Waals surface area contributed by atoms with Crippen molar-refractivity contribution in [2.24, 2.45) is 0 Å². The summed E-state index contributed by atoms with van der Waals surface area (Å²) in [5.74, 6) is 20.0. The Hall–Kier alpha value is -9.61. The number of carbonyl (C=O) groups excluding carboxylic acids is 3. The highest BCUT2D eigenvalue weighted by molar-refractivity contribution is 7.65. The van der Waals surface area contributed by atoms with Crippen molar-refractivity contribution >= 4 is 80.9 Å². The second kappa shape index (κ2) is 41.2. The van der Waals surface area contributed by atoms with E-state index in [1.54, 1.807) is 44.6 Å². The van der Waals surface area contributed by atoms with E-state index < -0.39 is 66.9 Å². The molecule has 37 heteroatoms. The first-order valence-corrected chi connectivity index (χ1v) is 46.0. The van der Waals surface area contributed by atoms with Gasteiger partial charge in [-0.25, -0.2) is 34.7 Å². The van der Waals surface area contributed by atoms with E-state index in [2.05, 4.69) is 81.1 Å². The second-order valence-corrected chi connectivity index (χ2v) is 36.9. The lowest BCUT2D eigenvalue weighted by Gasteiger charge is -2.35. The van der Waals surface area contributed by atoms with E-state index in [1.807, 2.05) is 73.7 Å². The summed E-state index contributed by atoms with van der Waals surface area (Å²) in [5, 5.41) is 8.39. The molecule has 0 saturated carbocycles. The molecular formula is C80H96N14O19P4. The number of nitrogen functional groups attached to an aromatic ring is 1. The molecule has 117 heavy (non-hydrogen) atoms. The molecule has 0 spiro atoms. The zero-order valence-corrected chi connectivity index (χ0v) is 69.3. The number of unbranched alkanes of at least 4 members (excludes halogenated alkanes) is 1. The molecule has 8 aromatic rings. The van der Waals surface area contributed by atoms with Gasteiger partial charge in [-0.1, -0.05) is 59.6 Å². The third-order valence-corrected chi connectivity index (χ3v) is 23.3. The molecular weight excluding hydrogens is 1580 g/mol. The van der Waals surface area contributed by atoms with Gasteiger partial charge in [-0.2, -0.15) is 0 Å². The molecule has 9 atom stereocenters. The fourth-order valence-electron chi connectivity index (χ4n) is 13.0. The minimum atomic E-state index is -4.20. The Labute approximate surface area is 678 Å². The number of methoxy groups -OCH3 is 2. The summed E-state index contributed by atoms with van der Waals surface area (Å²) in [7, 11) is -12.9. The Balaban J connectivity index is 0.723. The molecule has 0 radical (unpaired) electrons. The van der Waals surface area contributed by atoms with Crippen molar-refractivity contribution in [1.82, 2.24) is 65.1 Å². The minimum absolute atomic E-state index is 0.00281. The van der Waals surface area contributed by atoms with E-state index in [1.165, 1.54) is 49.3 Å². The second-order valence-electron chi connectivity index (χ2n) is 28.5. The first-order chi connectivity index (χ1) is 56.0. The molecule has 3 amide bonds. The summed E-state index contributed by atoms with van der Waals surface area (Å²) in [6.45, 7) is 9.58. The average Bonchev–Trinajstić information content (AvgIpc) is 1.60. The SMILES string of the molecule is COc1ccc(C#Cc2cc(CN3CCN(Cc4cc(C#Cc5ccc(C)cc5)cc(P(C)(=O)O)n4)C[C@H](CCCCNC(=O)CCCC(=O)NCCOCCOCCNC(=O)OC4C5OP(=O)(O)COC5OC4n4cnc5c(N)ncnc54)N(Cc4cc(C#Cc5ccc(OC)cc5)cc(P(C)(=O)O)n4)CC3)nc(P(C)(=O)O)c2)cc1. The molecule has 11 rings (SSSR count). The fourth-order valence-corrected chi connectivity index (χ4v) is 16.0. The number of aromatic nitrogens is 7. The fraction of sp³-hybridized carbons (Fsp3) is 0.412. The lowest BCUT2D eigenvalue weighted by Crippen LogP contribution is -2.45. The van der Waals surface area contributed by atoms with Crippen LogP contribution in [-0.4, -0.2) is 231 Å². The Bertz CT molecular complexity index is 5210. The smallest absolute Gasteiger partial charge is 0.407 e. The molecule has 8 unspecified atom stereocenters.